The van der Waals surface area contributed by atoms with E-state index in [1.54, 1.807) is 0 Å². The van der Waals surface area contributed by atoms with E-state index in [9.17, 15) is 4.79 Å². The van der Waals surface area contributed by atoms with Crippen LogP contribution in [0.15, 0.2) is 0 Å². The Labute approximate surface area is 96.0 Å². The van der Waals surface area contributed by atoms with Crippen molar-refractivity contribution in [2.45, 2.75) is 51.9 Å². The second kappa shape index (κ2) is 11.0. The summed E-state index contributed by atoms with van der Waals surface area (Å²) in [6.45, 7) is 2.96. The van der Waals surface area contributed by atoms with Gasteiger partial charge in [-0.2, -0.15) is 0 Å². The zero-order valence-electron chi connectivity index (χ0n) is 9.15. The third-order valence-corrected chi connectivity index (χ3v) is 2.70. The van der Waals surface area contributed by atoms with E-state index in [2.05, 4.69) is 28.2 Å². The molecule has 3 heteroatoms. The molecule has 0 aliphatic carbocycles. The summed E-state index contributed by atoms with van der Waals surface area (Å²) in [5.41, 5.74) is 0. The van der Waals surface area contributed by atoms with E-state index < -0.39 is 0 Å². The number of alkyl halides is 1. The average molecular weight is 264 g/mol. The summed E-state index contributed by atoms with van der Waals surface area (Å²) in [6.07, 6.45) is 7.64. The molecule has 0 saturated carbocycles. The Balaban J connectivity index is 3.07. The topological polar surface area (TPSA) is 29.1 Å². The van der Waals surface area contributed by atoms with Crippen molar-refractivity contribution < 1.29 is 4.79 Å². The second-order valence-corrected chi connectivity index (χ2v) is 4.35. The van der Waals surface area contributed by atoms with Gasteiger partial charge >= 0.3 is 0 Å². The highest BCUT2D eigenvalue weighted by Crippen LogP contribution is 2.01. The largest absolute Gasteiger partial charge is 0.356 e. The fraction of sp³-hybridized carbons (Fsp3) is 0.909. The maximum Gasteiger partial charge on any atom is 0.219 e. The highest BCUT2D eigenvalue weighted by molar-refractivity contribution is 9.09. The highest BCUT2D eigenvalue weighted by atomic mass is 79.9. The molecule has 0 rings (SSSR count). The Bertz CT molecular complexity index is 139. The summed E-state index contributed by atoms with van der Waals surface area (Å²) in [5, 5.41) is 4.04. The SMILES string of the molecule is CCCCC(=O)NCCCCCCBr. The number of halogens is 1. The number of unbranched alkanes of at least 4 members (excludes halogenated alkanes) is 4. The number of carbonyl (C=O) groups is 1. The molecule has 0 fully saturated rings. The molecule has 0 aromatic rings. The first-order valence-electron chi connectivity index (χ1n) is 5.64. The van der Waals surface area contributed by atoms with Crippen LogP contribution in [0, 0.1) is 0 Å². The molecule has 0 aliphatic heterocycles. The standard InChI is InChI=1S/C11H22BrNO/c1-2-3-8-11(14)13-10-7-5-4-6-9-12/h2-10H2,1H3,(H,13,14). The van der Waals surface area contributed by atoms with E-state index in [0.29, 0.717) is 6.42 Å². The minimum atomic E-state index is 0.215. The van der Waals surface area contributed by atoms with Gasteiger partial charge < -0.3 is 5.32 Å². The van der Waals surface area contributed by atoms with Gasteiger partial charge in [0.05, 0.1) is 0 Å². The molecule has 1 N–H and O–H groups in total. The molecular weight excluding hydrogens is 242 g/mol. The van der Waals surface area contributed by atoms with Crippen molar-refractivity contribution >= 4 is 21.8 Å². The van der Waals surface area contributed by atoms with Gasteiger partial charge in [-0.1, -0.05) is 42.1 Å². The van der Waals surface area contributed by atoms with Crippen LogP contribution in [0.4, 0.5) is 0 Å². The summed E-state index contributed by atoms with van der Waals surface area (Å²) in [4.78, 5) is 11.2. The van der Waals surface area contributed by atoms with Crippen molar-refractivity contribution in [2.24, 2.45) is 0 Å². The monoisotopic (exact) mass is 263 g/mol. The molecule has 0 aromatic heterocycles. The molecular formula is C11H22BrNO. The van der Waals surface area contributed by atoms with Gasteiger partial charge in [0.25, 0.3) is 0 Å². The second-order valence-electron chi connectivity index (χ2n) is 3.56. The fourth-order valence-corrected chi connectivity index (χ4v) is 1.62. The van der Waals surface area contributed by atoms with Crippen LogP contribution in [-0.4, -0.2) is 17.8 Å². The minimum absolute atomic E-state index is 0.215. The summed E-state index contributed by atoms with van der Waals surface area (Å²) in [6, 6.07) is 0. The van der Waals surface area contributed by atoms with Crippen molar-refractivity contribution in [2.75, 3.05) is 11.9 Å². The van der Waals surface area contributed by atoms with Crippen LogP contribution in [0.2, 0.25) is 0 Å². The summed E-state index contributed by atoms with van der Waals surface area (Å²) in [5.74, 6) is 0.215. The zero-order valence-corrected chi connectivity index (χ0v) is 10.7. The van der Waals surface area contributed by atoms with Crippen LogP contribution in [0.1, 0.15) is 51.9 Å². The number of hydrogen-bond donors (Lipinski definition) is 1. The van der Waals surface area contributed by atoms with Gasteiger partial charge in [-0.3, -0.25) is 4.79 Å². The van der Waals surface area contributed by atoms with Crippen LogP contribution in [0.25, 0.3) is 0 Å². The molecule has 0 spiro atoms. The quantitative estimate of drug-likeness (QED) is 0.502. The highest BCUT2D eigenvalue weighted by Gasteiger charge is 1.98. The maximum atomic E-state index is 11.2. The molecule has 0 atom stereocenters. The van der Waals surface area contributed by atoms with Crippen molar-refractivity contribution in [1.29, 1.82) is 0 Å². The number of hydrogen-bond acceptors (Lipinski definition) is 1. The summed E-state index contributed by atoms with van der Waals surface area (Å²) < 4.78 is 0. The zero-order chi connectivity index (χ0) is 10.6. The molecule has 0 aromatic carbocycles. The van der Waals surface area contributed by atoms with Gasteiger partial charge in [-0.05, 0) is 19.3 Å². The number of carbonyl (C=O) groups excluding carboxylic acids is 1. The van der Waals surface area contributed by atoms with E-state index in [1.807, 2.05) is 0 Å². The first-order valence-corrected chi connectivity index (χ1v) is 6.76. The Kier molecular flexibility index (Phi) is 11.0. The van der Waals surface area contributed by atoms with Crippen LogP contribution in [0.5, 0.6) is 0 Å². The fourth-order valence-electron chi connectivity index (χ4n) is 1.23. The Morgan fingerprint density at radius 2 is 1.86 bits per heavy atom. The third kappa shape index (κ3) is 10.0. The molecule has 84 valence electrons. The van der Waals surface area contributed by atoms with Gasteiger partial charge in [0.15, 0.2) is 0 Å². The van der Waals surface area contributed by atoms with Crippen LogP contribution < -0.4 is 5.32 Å². The normalized spacial score (nSPS) is 10.1. The Morgan fingerprint density at radius 3 is 2.50 bits per heavy atom. The van der Waals surface area contributed by atoms with Crippen molar-refractivity contribution in [3.8, 4) is 0 Å². The molecule has 2 nitrogen and oxygen atoms in total. The lowest BCUT2D eigenvalue weighted by Crippen LogP contribution is -2.23. The van der Waals surface area contributed by atoms with Gasteiger partial charge in [-0.25, -0.2) is 0 Å². The average Bonchev–Trinajstić information content (AvgIpc) is 2.20. The van der Waals surface area contributed by atoms with Crippen LogP contribution >= 0.6 is 15.9 Å². The predicted molar refractivity (Wildman–Crippen MR) is 64.8 cm³/mol. The molecule has 0 unspecified atom stereocenters. The molecule has 0 radical (unpaired) electrons. The summed E-state index contributed by atoms with van der Waals surface area (Å²) in [7, 11) is 0. The number of nitrogens with one attached hydrogen (secondary N) is 1. The number of amides is 1. The first kappa shape index (κ1) is 13.9. The first-order chi connectivity index (χ1) is 6.81. The smallest absolute Gasteiger partial charge is 0.219 e. The molecule has 0 aliphatic rings. The van der Waals surface area contributed by atoms with E-state index in [0.717, 1.165) is 31.1 Å². The van der Waals surface area contributed by atoms with Gasteiger partial charge in [0.2, 0.25) is 5.91 Å². The van der Waals surface area contributed by atoms with Crippen molar-refractivity contribution in [3.63, 3.8) is 0 Å². The lowest BCUT2D eigenvalue weighted by Gasteiger charge is -2.03. The molecule has 0 heterocycles. The number of rotatable bonds is 9. The molecule has 0 bridgehead atoms. The van der Waals surface area contributed by atoms with Gasteiger partial charge in [0.1, 0.15) is 0 Å². The van der Waals surface area contributed by atoms with E-state index >= 15 is 0 Å². The Hall–Kier alpha value is -0.0500. The van der Waals surface area contributed by atoms with E-state index in [-0.39, 0.29) is 5.91 Å². The summed E-state index contributed by atoms with van der Waals surface area (Å²) >= 11 is 3.40. The van der Waals surface area contributed by atoms with E-state index in [1.165, 1.54) is 19.3 Å². The maximum absolute atomic E-state index is 11.2. The third-order valence-electron chi connectivity index (χ3n) is 2.14. The molecule has 1 amide bonds. The van der Waals surface area contributed by atoms with Crippen molar-refractivity contribution in [1.82, 2.24) is 5.32 Å². The Morgan fingerprint density at radius 1 is 1.14 bits per heavy atom. The lowest BCUT2D eigenvalue weighted by molar-refractivity contribution is -0.121. The lowest BCUT2D eigenvalue weighted by atomic mass is 10.2. The van der Waals surface area contributed by atoms with E-state index in [4.69, 9.17) is 0 Å². The van der Waals surface area contributed by atoms with Crippen molar-refractivity contribution in [3.05, 3.63) is 0 Å². The van der Waals surface area contributed by atoms with Gasteiger partial charge in [0, 0.05) is 18.3 Å². The molecule has 0 saturated heterocycles. The molecule has 14 heavy (non-hydrogen) atoms. The van der Waals surface area contributed by atoms with Crippen LogP contribution in [-0.2, 0) is 4.79 Å². The van der Waals surface area contributed by atoms with Gasteiger partial charge in [-0.15, -0.1) is 0 Å². The van der Waals surface area contributed by atoms with Crippen LogP contribution in [0.3, 0.4) is 0 Å². The predicted octanol–water partition coefficient (Wildman–Crippen LogP) is 3.25. The minimum Gasteiger partial charge on any atom is -0.356 e.